The highest BCUT2D eigenvalue weighted by Gasteiger charge is 2.40. The Morgan fingerprint density at radius 1 is 1.17 bits per heavy atom. The molecule has 0 spiro atoms. The fourth-order valence-electron chi connectivity index (χ4n) is 4.27. The molecule has 1 aliphatic heterocycles. The predicted octanol–water partition coefficient (Wildman–Crippen LogP) is 3.93. The fourth-order valence-corrected chi connectivity index (χ4v) is 4.27. The summed E-state index contributed by atoms with van der Waals surface area (Å²) < 4.78 is 7.86. The maximum Gasteiger partial charge on any atom is 0.227 e. The van der Waals surface area contributed by atoms with Gasteiger partial charge in [0.25, 0.3) is 0 Å². The number of aromatic nitrogens is 6. The van der Waals surface area contributed by atoms with Gasteiger partial charge in [0.05, 0.1) is 23.8 Å². The zero-order valence-electron chi connectivity index (χ0n) is 20.5. The third-order valence-electron chi connectivity index (χ3n) is 6.20. The molecule has 10 nitrogen and oxygen atoms in total. The van der Waals surface area contributed by atoms with Crippen LogP contribution in [-0.2, 0) is 7.05 Å². The van der Waals surface area contributed by atoms with Gasteiger partial charge in [-0.3, -0.25) is 0 Å². The summed E-state index contributed by atoms with van der Waals surface area (Å²) in [6.45, 7) is 9.53. The van der Waals surface area contributed by atoms with Crippen molar-refractivity contribution in [2.75, 3.05) is 29.9 Å². The first-order valence-electron chi connectivity index (χ1n) is 11.5. The lowest BCUT2D eigenvalue weighted by atomic mass is 9.83. The van der Waals surface area contributed by atoms with Crippen molar-refractivity contribution in [2.24, 2.45) is 12.5 Å². The normalized spacial score (nSPS) is 14.5. The summed E-state index contributed by atoms with van der Waals surface area (Å²) in [6, 6.07) is 10.2. The number of rotatable bonds is 6. The lowest BCUT2D eigenvalue weighted by Gasteiger charge is -2.44. The number of hydrogen-bond donors (Lipinski definition) is 1. The number of benzene rings is 1. The van der Waals surface area contributed by atoms with Gasteiger partial charge >= 0.3 is 0 Å². The summed E-state index contributed by atoms with van der Waals surface area (Å²) in [5.74, 6) is 3.49. The average Bonchev–Trinajstić information content (AvgIpc) is 3.16. The minimum Gasteiger partial charge on any atom is -0.492 e. The van der Waals surface area contributed by atoms with Crippen LogP contribution in [0.15, 0.2) is 30.5 Å². The Morgan fingerprint density at radius 3 is 2.66 bits per heavy atom. The van der Waals surface area contributed by atoms with E-state index in [0.717, 1.165) is 45.3 Å². The van der Waals surface area contributed by atoms with Gasteiger partial charge in [-0.25, -0.2) is 15.0 Å². The number of hydrogen-bond acceptors (Lipinski definition) is 9. The molecule has 1 aliphatic rings. The van der Waals surface area contributed by atoms with Crippen molar-refractivity contribution >= 4 is 28.4 Å². The van der Waals surface area contributed by atoms with E-state index in [2.05, 4.69) is 31.5 Å². The van der Waals surface area contributed by atoms with Crippen molar-refractivity contribution < 1.29 is 4.74 Å². The van der Waals surface area contributed by atoms with Gasteiger partial charge in [0.2, 0.25) is 5.95 Å². The molecule has 0 unspecified atom stereocenters. The minimum absolute atomic E-state index is 0.360. The highest BCUT2D eigenvalue weighted by Crippen LogP contribution is 2.37. The van der Waals surface area contributed by atoms with Gasteiger partial charge in [-0.2, -0.15) is 5.26 Å². The van der Waals surface area contributed by atoms with E-state index in [4.69, 9.17) is 14.7 Å². The Kier molecular flexibility index (Phi) is 5.47. The van der Waals surface area contributed by atoms with Crippen LogP contribution in [0.4, 0.5) is 17.5 Å². The zero-order valence-corrected chi connectivity index (χ0v) is 20.5. The van der Waals surface area contributed by atoms with E-state index in [1.165, 1.54) is 0 Å². The van der Waals surface area contributed by atoms with Crippen LogP contribution in [0.1, 0.15) is 25.4 Å². The van der Waals surface area contributed by atoms with Crippen LogP contribution in [-0.4, -0.2) is 49.4 Å². The number of nitriles is 1. The first-order chi connectivity index (χ1) is 16.8. The molecule has 0 radical (unpaired) electrons. The number of nitrogens with one attached hydrogen (secondary N) is 1. The summed E-state index contributed by atoms with van der Waals surface area (Å²) in [5.41, 5.74) is 2.92. The molecule has 4 heterocycles. The van der Waals surface area contributed by atoms with Crippen molar-refractivity contribution in [3.63, 3.8) is 0 Å². The molecule has 0 amide bonds. The number of ether oxygens (including phenoxy) is 1. The van der Waals surface area contributed by atoms with Crippen molar-refractivity contribution in [3.05, 3.63) is 42.0 Å². The topological polar surface area (TPSA) is 118 Å². The van der Waals surface area contributed by atoms with Gasteiger partial charge in [0.15, 0.2) is 11.6 Å². The quantitative estimate of drug-likeness (QED) is 0.448. The maximum absolute atomic E-state index is 9.41. The lowest BCUT2D eigenvalue weighted by Crippen LogP contribution is -2.54. The predicted molar refractivity (Wildman–Crippen MR) is 134 cm³/mol. The van der Waals surface area contributed by atoms with Crippen LogP contribution in [0.25, 0.3) is 22.3 Å². The maximum atomic E-state index is 9.41. The van der Waals surface area contributed by atoms with Gasteiger partial charge in [0, 0.05) is 43.0 Å². The molecule has 0 saturated carbocycles. The number of aryl methyl sites for hydroxylation is 2. The Morgan fingerprint density at radius 2 is 1.97 bits per heavy atom. The molecule has 0 atom stereocenters. The molecular weight excluding hydrogens is 442 g/mol. The van der Waals surface area contributed by atoms with Gasteiger partial charge in [-0.05, 0) is 52.0 Å². The monoisotopic (exact) mass is 469 g/mol. The molecule has 0 bridgehead atoms. The van der Waals surface area contributed by atoms with Crippen LogP contribution >= 0.6 is 0 Å². The van der Waals surface area contributed by atoms with Gasteiger partial charge in [-0.15, -0.1) is 10.2 Å². The largest absolute Gasteiger partial charge is 0.492 e. The van der Waals surface area contributed by atoms with Crippen LogP contribution in [0.2, 0.25) is 0 Å². The van der Waals surface area contributed by atoms with E-state index in [1.54, 1.807) is 6.20 Å². The summed E-state index contributed by atoms with van der Waals surface area (Å²) in [6.07, 6.45) is 1.79. The summed E-state index contributed by atoms with van der Waals surface area (Å²) >= 11 is 0. The van der Waals surface area contributed by atoms with E-state index < -0.39 is 0 Å². The Hall–Kier alpha value is -4.26. The number of anilines is 3. The summed E-state index contributed by atoms with van der Waals surface area (Å²) in [7, 11) is 1.94. The number of nitrogens with zero attached hydrogens (tertiary/aromatic N) is 8. The highest BCUT2D eigenvalue weighted by atomic mass is 16.5. The van der Waals surface area contributed by atoms with Crippen molar-refractivity contribution in [3.8, 4) is 23.2 Å². The molecule has 1 fully saturated rings. The molecule has 1 aromatic carbocycles. The van der Waals surface area contributed by atoms with Gasteiger partial charge < -0.3 is 19.5 Å². The fraction of sp³-hybridized carbons (Fsp3) is 0.360. The van der Waals surface area contributed by atoms with Gasteiger partial charge in [-0.1, -0.05) is 0 Å². The first-order valence-corrected chi connectivity index (χ1v) is 11.5. The van der Waals surface area contributed by atoms with Gasteiger partial charge in [0.1, 0.15) is 17.1 Å². The van der Waals surface area contributed by atoms with Crippen molar-refractivity contribution in [1.29, 1.82) is 5.26 Å². The van der Waals surface area contributed by atoms with E-state index in [0.29, 0.717) is 31.4 Å². The summed E-state index contributed by atoms with van der Waals surface area (Å²) in [5, 5.41) is 22.0. The van der Waals surface area contributed by atoms with Crippen molar-refractivity contribution in [2.45, 2.75) is 27.7 Å². The SMILES string of the molecule is CCOc1cc(-c2nnc(C)n2C)ccc1Nc1ncc2cc(C)nc(N3CC(C)(C#N)C3)c2n1. The molecule has 5 rings (SSSR count). The molecule has 1 saturated heterocycles. The number of fused-ring (bicyclic) bond motifs is 1. The average molecular weight is 470 g/mol. The zero-order chi connectivity index (χ0) is 24.7. The van der Waals surface area contributed by atoms with E-state index in [9.17, 15) is 5.26 Å². The lowest BCUT2D eigenvalue weighted by molar-refractivity contribution is 0.335. The van der Waals surface area contributed by atoms with Crippen LogP contribution in [0.5, 0.6) is 5.75 Å². The molecule has 10 heteroatoms. The second-order valence-electron chi connectivity index (χ2n) is 9.15. The van der Waals surface area contributed by atoms with E-state index in [-0.39, 0.29) is 5.41 Å². The second kappa shape index (κ2) is 8.51. The highest BCUT2D eigenvalue weighted by molar-refractivity contribution is 5.90. The minimum atomic E-state index is -0.360. The third kappa shape index (κ3) is 4.10. The number of pyridine rings is 1. The summed E-state index contributed by atoms with van der Waals surface area (Å²) in [4.78, 5) is 16.2. The van der Waals surface area contributed by atoms with Crippen LogP contribution < -0.4 is 15.0 Å². The molecule has 178 valence electrons. The smallest absolute Gasteiger partial charge is 0.227 e. The Balaban J connectivity index is 1.49. The molecule has 0 aliphatic carbocycles. The molecule has 3 aromatic heterocycles. The first kappa shape index (κ1) is 22.5. The Labute approximate surface area is 203 Å². The molecule has 4 aromatic rings. The van der Waals surface area contributed by atoms with E-state index in [1.807, 2.05) is 63.6 Å². The van der Waals surface area contributed by atoms with Crippen LogP contribution in [0.3, 0.4) is 0 Å². The molecule has 1 N–H and O–H groups in total. The second-order valence-corrected chi connectivity index (χ2v) is 9.15. The van der Waals surface area contributed by atoms with E-state index >= 15 is 0 Å². The Bertz CT molecular complexity index is 1460. The molecular formula is C25H27N9O. The standard InChI is InChI=1S/C25H27N9O/c1-6-35-20-10-17(22-32-31-16(3)33(22)5)7-8-19(20)29-24-27-11-18-9-15(2)28-23(21(18)30-24)34-13-25(4,12-26)14-34/h7-11H,6,13-14H2,1-5H3,(H,27,29,30). The third-order valence-corrected chi connectivity index (χ3v) is 6.20. The van der Waals surface area contributed by atoms with Crippen molar-refractivity contribution in [1.82, 2.24) is 29.7 Å². The van der Waals surface area contributed by atoms with Crippen LogP contribution in [0, 0.1) is 30.6 Å². The molecule has 35 heavy (non-hydrogen) atoms.